The van der Waals surface area contributed by atoms with Crippen molar-refractivity contribution in [2.24, 2.45) is 11.8 Å². The van der Waals surface area contributed by atoms with Crippen molar-refractivity contribution in [3.63, 3.8) is 0 Å². The third-order valence-electron chi connectivity index (χ3n) is 6.62. The highest BCUT2D eigenvalue weighted by Crippen LogP contribution is 2.36. The molecular formula is C24H22FN5O4. The number of aromatic nitrogens is 3. The van der Waals surface area contributed by atoms with E-state index in [1.165, 1.54) is 12.4 Å². The zero-order chi connectivity index (χ0) is 23.2. The summed E-state index contributed by atoms with van der Waals surface area (Å²) in [6, 6.07) is 6.28. The molecule has 2 bridgehead atoms. The van der Waals surface area contributed by atoms with Crippen LogP contribution in [0.25, 0.3) is 22.2 Å². The molecule has 1 amide bonds. The zero-order valence-corrected chi connectivity index (χ0v) is 18.2. The van der Waals surface area contributed by atoms with E-state index in [-0.39, 0.29) is 35.7 Å². The summed E-state index contributed by atoms with van der Waals surface area (Å²) in [6.45, 7) is 1.95. The van der Waals surface area contributed by atoms with Crippen LogP contribution in [0.5, 0.6) is 5.88 Å². The zero-order valence-electron chi connectivity index (χ0n) is 18.2. The van der Waals surface area contributed by atoms with Crippen molar-refractivity contribution in [2.45, 2.75) is 25.0 Å². The summed E-state index contributed by atoms with van der Waals surface area (Å²) in [4.78, 5) is 26.0. The first-order valence-corrected chi connectivity index (χ1v) is 11.3. The minimum atomic E-state index is -0.502. The molecule has 174 valence electrons. The maximum atomic E-state index is 14.6. The van der Waals surface area contributed by atoms with Crippen molar-refractivity contribution < 1.29 is 23.4 Å². The number of likely N-dealkylation sites (tertiary alicyclic amines) is 1. The summed E-state index contributed by atoms with van der Waals surface area (Å²) >= 11 is 0. The Kier molecular flexibility index (Phi) is 5.07. The summed E-state index contributed by atoms with van der Waals surface area (Å²) in [5, 5.41) is 9.01. The number of piperidine rings is 1. The van der Waals surface area contributed by atoms with Crippen LogP contribution in [-0.4, -0.2) is 64.5 Å². The summed E-state index contributed by atoms with van der Waals surface area (Å²) in [7, 11) is 0. The molecule has 2 saturated heterocycles. The minimum absolute atomic E-state index is 0.0188. The van der Waals surface area contributed by atoms with Crippen LogP contribution in [0.1, 0.15) is 18.4 Å². The van der Waals surface area contributed by atoms with Crippen molar-refractivity contribution in [3.05, 3.63) is 42.1 Å². The Labute approximate surface area is 194 Å². The van der Waals surface area contributed by atoms with E-state index in [0.717, 1.165) is 12.8 Å². The largest absolute Gasteiger partial charge is 0.472 e. The van der Waals surface area contributed by atoms with Gasteiger partial charge in [0, 0.05) is 42.2 Å². The van der Waals surface area contributed by atoms with Crippen molar-refractivity contribution >= 4 is 17.1 Å². The second-order valence-corrected chi connectivity index (χ2v) is 9.04. The molecule has 2 atom stereocenters. The van der Waals surface area contributed by atoms with E-state index >= 15 is 0 Å². The molecule has 0 spiro atoms. The number of hydrogen-bond acceptors (Lipinski definition) is 7. The lowest BCUT2D eigenvalue weighted by molar-refractivity contribution is -0.109. The molecule has 2 aliphatic heterocycles. The number of nitriles is 1. The summed E-state index contributed by atoms with van der Waals surface area (Å²) in [5.74, 6) is -0.163. The number of aromatic amines is 1. The Morgan fingerprint density at radius 1 is 1.21 bits per heavy atom. The molecule has 3 fully saturated rings. The Morgan fingerprint density at radius 2 is 2.00 bits per heavy atom. The highest BCUT2D eigenvalue weighted by atomic mass is 19.1. The Hall–Kier alpha value is -3.71. The van der Waals surface area contributed by atoms with Gasteiger partial charge in [-0.05, 0) is 31.0 Å². The van der Waals surface area contributed by atoms with Gasteiger partial charge in [-0.2, -0.15) is 10.2 Å². The molecule has 3 aromatic rings. The van der Waals surface area contributed by atoms with Gasteiger partial charge in [-0.25, -0.2) is 14.2 Å². The van der Waals surface area contributed by atoms with E-state index in [4.69, 9.17) is 19.5 Å². The number of nitrogens with one attached hydrogen (secondary N) is 1. The number of carbonyl (C=O) groups is 1. The summed E-state index contributed by atoms with van der Waals surface area (Å²) < 4.78 is 32.3. The van der Waals surface area contributed by atoms with Crippen LogP contribution in [0.15, 0.2) is 30.7 Å². The van der Waals surface area contributed by atoms with Crippen molar-refractivity contribution in [2.75, 3.05) is 26.3 Å². The predicted octanol–water partition coefficient (Wildman–Crippen LogP) is 3.26. The first-order chi connectivity index (χ1) is 16.6. The Bertz CT molecular complexity index is 1290. The predicted molar refractivity (Wildman–Crippen MR) is 117 cm³/mol. The van der Waals surface area contributed by atoms with Crippen molar-refractivity contribution in [1.29, 1.82) is 5.26 Å². The quantitative estimate of drug-likeness (QED) is 0.632. The lowest BCUT2D eigenvalue weighted by atomic mass is 9.84. The molecule has 9 nitrogen and oxygen atoms in total. The number of fused-ring (bicyclic) bond motifs is 3. The molecule has 34 heavy (non-hydrogen) atoms. The molecule has 2 aromatic heterocycles. The number of ether oxygens (including phenoxy) is 3. The fraction of sp³-hybridized carbons (Fsp3) is 0.417. The number of carbonyl (C=O) groups excluding carboxylic acids is 1. The fourth-order valence-corrected chi connectivity index (χ4v) is 4.79. The van der Waals surface area contributed by atoms with E-state index < -0.39 is 5.82 Å². The topological polar surface area (TPSA) is 113 Å². The van der Waals surface area contributed by atoms with Crippen molar-refractivity contribution in [3.8, 4) is 23.1 Å². The average molecular weight is 463 g/mol. The van der Waals surface area contributed by atoms with Gasteiger partial charge < -0.3 is 24.1 Å². The van der Waals surface area contributed by atoms with Gasteiger partial charge in [0.25, 0.3) is 0 Å². The van der Waals surface area contributed by atoms with Crippen LogP contribution < -0.4 is 4.74 Å². The average Bonchev–Trinajstić information content (AvgIpc) is 3.54. The Morgan fingerprint density at radius 3 is 2.71 bits per heavy atom. The SMILES string of the molecule is N#Cc1ccc(-c2c[nH]c3c(OC4C5COCC4CN(C(=O)OC4CC4)C5)ncnc23)c(F)c1. The molecule has 10 heteroatoms. The van der Waals surface area contributed by atoms with Crippen LogP contribution in [0, 0.1) is 29.0 Å². The smallest absolute Gasteiger partial charge is 0.410 e. The number of halogens is 1. The van der Waals surface area contributed by atoms with Gasteiger partial charge in [0.05, 0.1) is 24.8 Å². The van der Waals surface area contributed by atoms with Gasteiger partial charge in [0.2, 0.25) is 5.88 Å². The number of H-pyrrole nitrogens is 1. The third kappa shape index (κ3) is 3.72. The van der Waals surface area contributed by atoms with Crippen LogP contribution in [0.2, 0.25) is 0 Å². The van der Waals surface area contributed by atoms with E-state index in [1.54, 1.807) is 23.2 Å². The monoisotopic (exact) mass is 463 g/mol. The fourth-order valence-electron chi connectivity index (χ4n) is 4.79. The van der Waals surface area contributed by atoms with E-state index in [2.05, 4.69) is 15.0 Å². The maximum Gasteiger partial charge on any atom is 0.410 e. The maximum absolute atomic E-state index is 14.6. The highest BCUT2D eigenvalue weighted by Gasteiger charge is 2.45. The first-order valence-electron chi connectivity index (χ1n) is 11.3. The van der Waals surface area contributed by atoms with Gasteiger partial charge in [-0.3, -0.25) is 0 Å². The van der Waals surface area contributed by atoms with Crippen LogP contribution in [0.4, 0.5) is 9.18 Å². The molecule has 0 radical (unpaired) electrons. The summed E-state index contributed by atoms with van der Waals surface area (Å²) in [5.41, 5.74) is 2.24. The van der Waals surface area contributed by atoms with Crippen LogP contribution in [-0.2, 0) is 9.47 Å². The van der Waals surface area contributed by atoms with Gasteiger partial charge in [0.1, 0.15) is 35.4 Å². The number of hydrogen-bond donors (Lipinski definition) is 1. The lowest BCUT2D eigenvalue weighted by Crippen LogP contribution is -2.58. The molecule has 4 heterocycles. The molecule has 2 unspecified atom stereocenters. The number of amides is 1. The molecule has 1 aromatic carbocycles. The van der Waals surface area contributed by atoms with Gasteiger partial charge in [0.15, 0.2) is 0 Å². The number of nitrogens with zero attached hydrogens (tertiary/aromatic N) is 4. The number of benzene rings is 1. The molecule has 3 aliphatic rings. The molecule has 1 aliphatic carbocycles. The molecular weight excluding hydrogens is 441 g/mol. The lowest BCUT2D eigenvalue weighted by Gasteiger charge is -2.45. The molecule has 1 saturated carbocycles. The van der Waals surface area contributed by atoms with E-state index in [9.17, 15) is 9.18 Å². The molecule has 6 rings (SSSR count). The van der Waals surface area contributed by atoms with Gasteiger partial charge in [-0.15, -0.1) is 0 Å². The van der Waals surface area contributed by atoms with Crippen LogP contribution in [0.3, 0.4) is 0 Å². The van der Waals surface area contributed by atoms with Gasteiger partial charge >= 0.3 is 6.09 Å². The minimum Gasteiger partial charge on any atom is -0.472 e. The second kappa shape index (κ2) is 8.25. The Balaban J connectivity index is 1.26. The first kappa shape index (κ1) is 20.9. The van der Waals surface area contributed by atoms with Crippen LogP contribution >= 0.6 is 0 Å². The standard InChI is InChI=1S/C24H22FN5O4/c25-19-5-13(6-26)1-4-17(19)18-7-27-21-20(18)28-12-29-23(21)34-22-14-8-30(9-15(22)11-32-10-14)24(31)33-16-2-3-16/h1,4-5,7,12,14-16,22,27H,2-3,8-11H2. The normalized spacial score (nSPS) is 24.0. The van der Waals surface area contributed by atoms with Crippen molar-refractivity contribution in [1.82, 2.24) is 19.9 Å². The number of rotatable bonds is 4. The van der Waals surface area contributed by atoms with Gasteiger partial charge in [-0.1, -0.05) is 0 Å². The summed E-state index contributed by atoms with van der Waals surface area (Å²) in [6.07, 6.45) is 4.55. The second-order valence-electron chi connectivity index (χ2n) is 9.04. The highest BCUT2D eigenvalue weighted by molar-refractivity contribution is 5.94. The third-order valence-corrected chi connectivity index (χ3v) is 6.62. The van der Waals surface area contributed by atoms with E-state index in [1.807, 2.05) is 6.07 Å². The van der Waals surface area contributed by atoms with E-state index in [0.29, 0.717) is 54.3 Å². The molecule has 1 N–H and O–H groups in total.